The van der Waals surface area contributed by atoms with Crippen LogP contribution < -0.4 is 0 Å². The molecule has 1 nitrogen and oxygen atoms in total. The number of hydrogen-bond donors (Lipinski definition) is 0. The van der Waals surface area contributed by atoms with Gasteiger partial charge in [-0.05, 0) is 47.2 Å². The minimum atomic E-state index is 0.529. The topological polar surface area (TPSA) is 12.9 Å². The van der Waals surface area contributed by atoms with Gasteiger partial charge in [-0.1, -0.05) is 89.1 Å². The predicted molar refractivity (Wildman–Crippen MR) is 114 cm³/mol. The third-order valence-corrected chi connectivity index (χ3v) is 4.74. The quantitative estimate of drug-likeness (QED) is 0.461. The second-order valence-electron chi connectivity index (χ2n) is 6.69. The Morgan fingerprint density at radius 2 is 1.46 bits per heavy atom. The third-order valence-electron chi connectivity index (χ3n) is 4.74. The van der Waals surface area contributed by atoms with Gasteiger partial charge in [0.1, 0.15) is 0 Å². The van der Waals surface area contributed by atoms with Crippen LogP contribution in [0, 0.1) is 0 Å². The van der Waals surface area contributed by atoms with E-state index in [0.717, 1.165) is 12.1 Å². The average Bonchev–Trinajstić information content (AvgIpc) is 2.74. The van der Waals surface area contributed by atoms with Crippen molar-refractivity contribution in [3.63, 3.8) is 0 Å². The molecule has 2 aromatic carbocycles. The summed E-state index contributed by atoms with van der Waals surface area (Å²) in [7, 11) is 0. The summed E-state index contributed by atoms with van der Waals surface area (Å²) in [5.74, 6) is 0.529. The van der Waals surface area contributed by atoms with Crippen LogP contribution in [0.15, 0.2) is 72.9 Å². The van der Waals surface area contributed by atoms with Crippen molar-refractivity contribution in [3.05, 3.63) is 78.5 Å². The molecule has 26 heavy (non-hydrogen) atoms. The van der Waals surface area contributed by atoms with E-state index in [9.17, 15) is 0 Å². The van der Waals surface area contributed by atoms with Crippen molar-refractivity contribution in [1.82, 2.24) is 4.98 Å². The molecule has 1 aromatic heterocycles. The van der Waals surface area contributed by atoms with Gasteiger partial charge in [0.15, 0.2) is 0 Å². The predicted octanol–water partition coefficient (Wildman–Crippen LogP) is 7.74. The standard InChI is InChI=1S/C21H21N.C4H10/c1-3-16(2)19-13-12-18(17-9-5-4-6-10-17)15-20(19)21-11-7-8-14-22-21;1-3-4-2/h4-16H,3H2,1-2H3;3-4H2,1-2H3. The third kappa shape index (κ3) is 5.29. The first kappa shape index (κ1) is 19.9. The summed E-state index contributed by atoms with van der Waals surface area (Å²) in [6.07, 6.45) is 5.63. The molecule has 0 spiro atoms. The van der Waals surface area contributed by atoms with Gasteiger partial charge in [-0.3, -0.25) is 4.98 Å². The molecule has 0 saturated heterocycles. The van der Waals surface area contributed by atoms with Gasteiger partial charge in [0, 0.05) is 11.8 Å². The van der Waals surface area contributed by atoms with Gasteiger partial charge in [0.05, 0.1) is 5.69 Å². The van der Waals surface area contributed by atoms with E-state index in [4.69, 9.17) is 0 Å². The van der Waals surface area contributed by atoms with Gasteiger partial charge in [-0.15, -0.1) is 0 Å². The SMILES string of the molecule is CCC(C)c1ccc(-c2ccccc2)cc1-c1ccccn1.CCCC. The minimum absolute atomic E-state index is 0.529. The maximum absolute atomic E-state index is 4.56. The molecule has 0 aliphatic heterocycles. The summed E-state index contributed by atoms with van der Waals surface area (Å²) in [5, 5.41) is 0. The lowest BCUT2D eigenvalue weighted by Gasteiger charge is -2.16. The highest BCUT2D eigenvalue weighted by Gasteiger charge is 2.13. The number of benzene rings is 2. The van der Waals surface area contributed by atoms with Gasteiger partial charge in [-0.2, -0.15) is 0 Å². The largest absolute Gasteiger partial charge is 0.256 e. The highest BCUT2D eigenvalue weighted by molar-refractivity contribution is 5.74. The second-order valence-corrected chi connectivity index (χ2v) is 6.69. The molecule has 0 aliphatic rings. The summed E-state index contributed by atoms with van der Waals surface area (Å²) >= 11 is 0. The highest BCUT2D eigenvalue weighted by atomic mass is 14.7. The molecule has 0 aliphatic carbocycles. The van der Waals surface area contributed by atoms with Crippen LogP contribution in [0.5, 0.6) is 0 Å². The Hall–Kier alpha value is -2.41. The number of aromatic nitrogens is 1. The van der Waals surface area contributed by atoms with Crippen molar-refractivity contribution in [2.45, 2.75) is 52.9 Å². The van der Waals surface area contributed by atoms with Crippen molar-refractivity contribution >= 4 is 0 Å². The number of hydrogen-bond acceptors (Lipinski definition) is 1. The van der Waals surface area contributed by atoms with Crippen molar-refractivity contribution in [3.8, 4) is 22.4 Å². The van der Waals surface area contributed by atoms with Crippen molar-refractivity contribution in [1.29, 1.82) is 0 Å². The first-order chi connectivity index (χ1) is 12.7. The molecule has 0 saturated carbocycles. The van der Waals surface area contributed by atoms with E-state index in [0.29, 0.717) is 5.92 Å². The molecule has 3 aromatic rings. The van der Waals surface area contributed by atoms with Crippen LogP contribution in [0.25, 0.3) is 22.4 Å². The molecule has 1 heteroatoms. The maximum Gasteiger partial charge on any atom is 0.0705 e. The van der Waals surface area contributed by atoms with E-state index in [-0.39, 0.29) is 0 Å². The van der Waals surface area contributed by atoms with E-state index in [1.54, 1.807) is 0 Å². The summed E-state index contributed by atoms with van der Waals surface area (Å²) < 4.78 is 0. The molecule has 0 fully saturated rings. The van der Waals surface area contributed by atoms with Gasteiger partial charge in [-0.25, -0.2) is 0 Å². The molecule has 0 N–H and O–H groups in total. The van der Waals surface area contributed by atoms with Crippen molar-refractivity contribution in [2.75, 3.05) is 0 Å². The maximum atomic E-state index is 4.56. The molecule has 1 unspecified atom stereocenters. The summed E-state index contributed by atoms with van der Waals surface area (Å²) in [5.41, 5.74) is 6.16. The molecule has 1 atom stereocenters. The van der Waals surface area contributed by atoms with E-state index in [1.165, 1.54) is 35.1 Å². The lowest BCUT2D eigenvalue weighted by Crippen LogP contribution is -1.97. The molecular formula is C25H31N. The van der Waals surface area contributed by atoms with Crippen LogP contribution in [-0.4, -0.2) is 4.98 Å². The molecule has 0 radical (unpaired) electrons. The molecule has 3 rings (SSSR count). The number of rotatable bonds is 5. The zero-order chi connectivity index (χ0) is 18.8. The highest BCUT2D eigenvalue weighted by Crippen LogP contribution is 2.33. The number of unbranched alkanes of at least 4 members (excludes halogenated alkanes) is 1. The van der Waals surface area contributed by atoms with Gasteiger partial charge >= 0.3 is 0 Å². The Kier molecular flexibility index (Phi) is 8.08. The van der Waals surface area contributed by atoms with Crippen LogP contribution in [0.2, 0.25) is 0 Å². The van der Waals surface area contributed by atoms with Crippen molar-refractivity contribution < 1.29 is 0 Å². The van der Waals surface area contributed by atoms with Crippen LogP contribution in [0.3, 0.4) is 0 Å². The van der Waals surface area contributed by atoms with Crippen LogP contribution >= 0.6 is 0 Å². The second kappa shape index (κ2) is 10.6. The van der Waals surface area contributed by atoms with E-state index in [1.807, 2.05) is 12.3 Å². The number of pyridine rings is 1. The monoisotopic (exact) mass is 345 g/mol. The zero-order valence-corrected chi connectivity index (χ0v) is 16.6. The van der Waals surface area contributed by atoms with E-state index < -0.39 is 0 Å². The Morgan fingerprint density at radius 3 is 2.04 bits per heavy atom. The lowest BCUT2D eigenvalue weighted by atomic mass is 9.89. The first-order valence-electron chi connectivity index (χ1n) is 9.81. The summed E-state index contributed by atoms with van der Waals surface area (Å²) in [4.78, 5) is 4.56. The Morgan fingerprint density at radius 1 is 0.769 bits per heavy atom. The molecular weight excluding hydrogens is 314 g/mol. The van der Waals surface area contributed by atoms with Gasteiger partial charge < -0.3 is 0 Å². The van der Waals surface area contributed by atoms with E-state index >= 15 is 0 Å². The van der Waals surface area contributed by atoms with Crippen molar-refractivity contribution in [2.24, 2.45) is 0 Å². The normalized spacial score (nSPS) is 11.4. The molecule has 136 valence electrons. The van der Waals surface area contributed by atoms with Crippen LogP contribution in [-0.2, 0) is 0 Å². The van der Waals surface area contributed by atoms with Gasteiger partial charge in [0.25, 0.3) is 0 Å². The summed E-state index contributed by atoms with van der Waals surface area (Å²) in [6, 6.07) is 23.4. The zero-order valence-electron chi connectivity index (χ0n) is 16.6. The fraction of sp³-hybridized carbons (Fsp3) is 0.320. The minimum Gasteiger partial charge on any atom is -0.256 e. The Bertz CT molecular complexity index is 761. The Balaban J connectivity index is 0.000000552. The lowest BCUT2D eigenvalue weighted by molar-refractivity contribution is 0.735. The molecule has 1 heterocycles. The number of nitrogens with zero attached hydrogens (tertiary/aromatic N) is 1. The van der Waals surface area contributed by atoms with Gasteiger partial charge in [0.2, 0.25) is 0 Å². The summed E-state index contributed by atoms with van der Waals surface area (Å²) in [6.45, 7) is 8.88. The van der Waals surface area contributed by atoms with Crippen LogP contribution in [0.1, 0.15) is 58.4 Å². The fourth-order valence-electron chi connectivity index (χ4n) is 2.76. The Labute approximate surface area is 159 Å². The average molecular weight is 346 g/mol. The fourth-order valence-corrected chi connectivity index (χ4v) is 2.76. The first-order valence-corrected chi connectivity index (χ1v) is 9.81. The molecule has 0 bridgehead atoms. The molecule has 0 amide bonds. The smallest absolute Gasteiger partial charge is 0.0705 e. The van der Waals surface area contributed by atoms with Crippen LogP contribution in [0.4, 0.5) is 0 Å². The van der Waals surface area contributed by atoms with E-state index in [2.05, 4.69) is 93.3 Å².